The van der Waals surface area contributed by atoms with E-state index in [1.54, 1.807) is 24.7 Å². The number of hydrogen-bond donors (Lipinski definition) is 0. The van der Waals surface area contributed by atoms with Crippen molar-refractivity contribution in [1.82, 2.24) is 29.7 Å². The topological polar surface area (TPSA) is 95.4 Å². The fraction of sp³-hybridized carbons (Fsp3) is 0.524. The predicted octanol–water partition coefficient (Wildman–Crippen LogP) is 0.858. The number of rotatable bonds is 2. The van der Waals surface area contributed by atoms with Crippen LogP contribution in [0.3, 0.4) is 0 Å². The van der Waals surface area contributed by atoms with Crippen molar-refractivity contribution in [2.75, 3.05) is 44.7 Å². The van der Waals surface area contributed by atoms with E-state index in [4.69, 9.17) is 0 Å². The smallest absolute Gasteiger partial charge is 0.274 e. The largest absolute Gasteiger partial charge is 0.345 e. The maximum absolute atomic E-state index is 13.4. The summed E-state index contributed by atoms with van der Waals surface area (Å²) >= 11 is 0. The van der Waals surface area contributed by atoms with Gasteiger partial charge >= 0.3 is 0 Å². The molecule has 2 aromatic heterocycles. The van der Waals surface area contributed by atoms with E-state index in [1.165, 1.54) is 12.4 Å². The van der Waals surface area contributed by atoms with E-state index in [9.17, 15) is 9.59 Å². The number of anilines is 1. The second-order valence-electron chi connectivity index (χ2n) is 8.63. The summed E-state index contributed by atoms with van der Waals surface area (Å²) in [6, 6.07) is 1.80. The van der Waals surface area contributed by atoms with Crippen LogP contribution in [-0.4, -0.2) is 81.3 Å². The quantitative estimate of drug-likeness (QED) is 0.728. The lowest BCUT2D eigenvalue weighted by molar-refractivity contribution is -0.140. The van der Waals surface area contributed by atoms with Crippen LogP contribution in [0, 0.1) is 10.8 Å². The molecule has 0 aliphatic carbocycles. The molecule has 0 unspecified atom stereocenters. The summed E-state index contributed by atoms with van der Waals surface area (Å²) < 4.78 is 0. The minimum absolute atomic E-state index is 0.0943. The van der Waals surface area contributed by atoms with Crippen LogP contribution in [0.4, 0.5) is 5.95 Å². The van der Waals surface area contributed by atoms with Crippen molar-refractivity contribution in [2.24, 2.45) is 10.8 Å². The SMILES string of the molecule is CN1CC[C@@]2(CN(c3ncccn3)CC23CCN(C(=O)c2cnccn2)CC3)C1=O. The molecule has 9 heteroatoms. The standard InChI is InChI=1S/C21H25N7O2/c1-26-10-5-21(18(26)30)15-28(19-24-6-2-7-25-19)14-20(21)3-11-27(12-4-20)17(29)16-13-22-8-9-23-16/h2,6-9,13H,3-5,10-12,14-15H2,1H3/t21-/m1/s1. The lowest BCUT2D eigenvalue weighted by atomic mass is 9.60. The van der Waals surface area contributed by atoms with Crippen molar-refractivity contribution >= 4 is 17.8 Å². The molecule has 156 valence electrons. The van der Waals surface area contributed by atoms with Gasteiger partial charge in [-0.25, -0.2) is 15.0 Å². The Bertz CT molecular complexity index is 946. The molecule has 0 aromatic carbocycles. The molecule has 0 bridgehead atoms. The van der Waals surface area contributed by atoms with Crippen molar-refractivity contribution < 1.29 is 9.59 Å². The molecule has 2 spiro atoms. The highest BCUT2D eigenvalue weighted by molar-refractivity contribution is 5.92. The Hall–Kier alpha value is -3.10. The maximum Gasteiger partial charge on any atom is 0.274 e. The number of carbonyl (C=O) groups excluding carboxylic acids is 2. The molecule has 2 amide bonds. The van der Waals surface area contributed by atoms with E-state index in [2.05, 4.69) is 24.8 Å². The van der Waals surface area contributed by atoms with E-state index in [1.807, 2.05) is 16.8 Å². The summed E-state index contributed by atoms with van der Waals surface area (Å²) in [5.41, 5.74) is -0.263. The van der Waals surface area contributed by atoms with E-state index < -0.39 is 5.41 Å². The molecule has 1 atom stereocenters. The highest BCUT2D eigenvalue weighted by Gasteiger charge is 2.65. The number of likely N-dealkylation sites (tertiary alicyclic amines) is 2. The van der Waals surface area contributed by atoms with Gasteiger partial charge in [-0.05, 0) is 25.3 Å². The van der Waals surface area contributed by atoms with Crippen molar-refractivity contribution in [3.8, 4) is 0 Å². The fourth-order valence-electron chi connectivity index (χ4n) is 5.58. The molecule has 3 fully saturated rings. The molecule has 5 heterocycles. The van der Waals surface area contributed by atoms with Crippen molar-refractivity contribution in [2.45, 2.75) is 19.3 Å². The Morgan fingerprint density at radius 3 is 2.37 bits per heavy atom. The lowest BCUT2D eigenvalue weighted by Crippen LogP contribution is -2.53. The summed E-state index contributed by atoms with van der Waals surface area (Å²) in [5, 5.41) is 0. The molecule has 3 saturated heterocycles. The Morgan fingerprint density at radius 1 is 0.967 bits per heavy atom. The summed E-state index contributed by atoms with van der Waals surface area (Å²) in [5.74, 6) is 0.798. The fourth-order valence-corrected chi connectivity index (χ4v) is 5.58. The van der Waals surface area contributed by atoms with Gasteiger partial charge in [0.15, 0.2) is 0 Å². The second-order valence-corrected chi connectivity index (χ2v) is 8.63. The first-order chi connectivity index (χ1) is 14.5. The Morgan fingerprint density at radius 2 is 1.73 bits per heavy atom. The Kier molecular flexibility index (Phi) is 4.41. The van der Waals surface area contributed by atoms with E-state index >= 15 is 0 Å². The van der Waals surface area contributed by atoms with Gasteiger partial charge in [-0.15, -0.1) is 0 Å². The molecule has 0 radical (unpaired) electrons. The molecule has 5 rings (SSSR count). The number of nitrogens with zero attached hydrogens (tertiary/aromatic N) is 7. The van der Waals surface area contributed by atoms with Gasteiger partial charge in [-0.2, -0.15) is 0 Å². The molecular formula is C21H25N7O2. The normalized spacial score (nSPS) is 25.5. The molecule has 2 aromatic rings. The predicted molar refractivity (Wildman–Crippen MR) is 109 cm³/mol. The van der Waals surface area contributed by atoms with Crippen LogP contribution in [0.1, 0.15) is 29.8 Å². The molecule has 30 heavy (non-hydrogen) atoms. The van der Waals surface area contributed by atoms with E-state index in [-0.39, 0.29) is 17.2 Å². The maximum atomic E-state index is 13.4. The third-order valence-corrected chi connectivity index (χ3v) is 7.22. The minimum atomic E-state index is -0.442. The summed E-state index contributed by atoms with van der Waals surface area (Å²) in [7, 11) is 1.89. The number of fused-ring (bicyclic) bond motifs is 1. The Balaban J connectivity index is 1.42. The van der Waals surface area contributed by atoms with E-state index in [0.29, 0.717) is 31.3 Å². The first-order valence-corrected chi connectivity index (χ1v) is 10.4. The number of aromatic nitrogens is 4. The zero-order chi connectivity index (χ0) is 20.8. The van der Waals surface area contributed by atoms with Crippen LogP contribution >= 0.6 is 0 Å². The number of hydrogen-bond acceptors (Lipinski definition) is 7. The molecule has 3 aliphatic heterocycles. The highest BCUT2D eigenvalue weighted by atomic mass is 16.2. The monoisotopic (exact) mass is 407 g/mol. The van der Waals surface area contributed by atoms with Gasteiger partial charge in [-0.1, -0.05) is 0 Å². The first-order valence-electron chi connectivity index (χ1n) is 10.4. The summed E-state index contributed by atoms with van der Waals surface area (Å²) in [6.07, 6.45) is 10.5. The summed E-state index contributed by atoms with van der Waals surface area (Å²) in [6.45, 7) is 3.36. The molecular weight excluding hydrogens is 382 g/mol. The van der Waals surface area contributed by atoms with Gasteiger partial charge in [0.05, 0.1) is 11.6 Å². The molecule has 9 nitrogen and oxygen atoms in total. The average Bonchev–Trinajstić information content (AvgIpc) is 3.28. The number of piperidine rings is 1. The van der Waals surface area contributed by atoms with Gasteiger partial charge in [0.2, 0.25) is 11.9 Å². The molecule has 3 aliphatic rings. The van der Waals surface area contributed by atoms with Crippen LogP contribution in [0.15, 0.2) is 37.1 Å². The van der Waals surface area contributed by atoms with Crippen LogP contribution in [-0.2, 0) is 4.79 Å². The average molecular weight is 407 g/mol. The van der Waals surface area contributed by atoms with Crippen LogP contribution in [0.25, 0.3) is 0 Å². The third kappa shape index (κ3) is 2.75. The van der Waals surface area contributed by atoms with Gasteiger partial charge in [0, 0.05) is 70.0 Å². The van der Waals surface area contributed by atoms with Crippen molar-refractivity contribution in [1.29, 1.82) is 0 Å². The van der Waals surface area contributed by atoms with Gasteiger partial charge in [0.1, 0.15) is 5.69 Å². The zero-order valence-electron chi connectivity index (χ0n) is 17.1. The van der Waals surface area contributed by atoms with Crippen molar-refractivity contribution in [3.63, 3.8) is 0 Å². The van der Waals surface area contributed by atoms with Gasteiger partial charge < -0.3 is 14.7 Å². The zero-order valence-corrected chi connectivity index (χ0v) is 17.1. The second kappa shape index (κ2) is 7.00. The van der Waals surface area contributed by atoms with Crippen LogP contribution in [0.2, 0.25) is 0 Å². The summed E-state index contributed by atoms with van der Waals surface area (Å²) in [4.78, 5) is 49.1. The van der Waals surface area contributed by atoms with Crippen molar-refractivity contribution in [3.05, 3.63) is 42.7 Å². The Labute approximate surface area is 175 Å². The third-order valence-electron chi connectivity index (χ3n) is 7.22. The number of amides is 2. The van der Waals surface area contributed by atoms with Gasteiger partial charge in [-0.3, -0.25) is 14.6 Å². The van der Waals surface area contributed by atoms with E-state index in [0.717, 1.165) is 32.4 Å². The van der Waals surface area contributed by atoms with Gasteiger partial charge in [0.25, 0.3) is 5.91 Å². The van der Waals surface area contributed by atoms with Crippen LogP contribution in [0.5, 0.6) is 0 Å². The first kappa shape index (κ1) is 18.9. The number of carbonyl (C=O) groups is 2. The highest BCUT2D eigenvalue weighted by Crippen LogP contribution is 2.58. The molecule has 0 N–H and O–H groups in total. The van der Waals surface area contributed by atoms with Crippen LogP contribution < -0.4 is 4.90 Å². The minimum Gasteiger partial charge on any atom is -0.345 e. The molecule has 0 saturated carbocycles. The lowest BCUT2D eigenvalue weighted by Gasteiger charge is -2.46.